The van der Waals surface area contributed by atoms with E-state index in [1.54, 1.807) is 0 Å². The van der Waals surface area contributed by atoms with Crippen molar-refractivity contribution in [2.75, 3.05) is 13.7 Å². The molecule has 0 bridgehead atoms. The summed E-state index contributed by atoms with van der Waals surface area (Å²) in [5, 5.41) is 12.8. The topological polar surface area (TPSA) is 32.3 Å². The largest absolute Gasteiger partial charge is 0.396 e. The van der Waals surface area contributed by atoms with E-state index in [1.165, 1.54) is 11.1 Å². The summed E-state index contributed by atoms with van der Waals surface area (Å²) in [6.45, 7) is 6.61. The van der Waals surface area contributed by atoms with Gasteiger partial charge in [-0.05, 0) is 25.5 Å². The van der Waals surface area contributed by atoms with Crippen molar-refractivity contribution in [3.8, 4) is 0 Å². The molecule has 1 aromatic carbocycles. The zero-order valence-corrected chi connectivity index (χ0v) is 10.7. The number of benzene rings is 1. The molecule has 0 aliphatic carbocycles. The van der Waals surface area contributed by atoms with Crippen LogP contribution in [-0.2, 0) is 0 Å². The zero-order valence-electron chi connectivity index (χ0n) is 10.7. The Morgan fingerprint density at radius 3 is 2.12 bits per heavy atom. The average molecular weight is 221 g/mol. The number of hydrogen-bond acceptors (Lipinski definition) is 2. The Labute approximate surface area is 98.7 Å². The highest BCUT2D eigenvalue weighted by Gasteiger charge is 2.23. The maximum atomic E-state index is 9.47. The van der Waals surface area contributed by atoms with Crippen molar-refractivity contribution < 1.29 is 5.11 Å². The highest BCUT2D eigenvalue weighted by molar-refractivity contribution is 5.24. The Morgan fingerprint density at radius 1 is 1.19 bits per heavy atom. The fraction of sp³-hybridized carbons (Fsp3) is 0.571. The van der Waals surface area contributed by atoms with Gasteiger partial charge >= 0.3 is 0 Å². The number of hydrogen-bond donors (Lipinski definition) is 2. The van der Waals surface area contributed by atoms with Gasteiger partial charge in [0.05, 0.1) is 0 Å². The first kappa shape index (κ1) is 13.2. The van der Waals surface area contributed by atoms with E-state index in [4.69, 9.17) is 0 Å². The van der Waals surface area contributed by atoms with Crippen LogP contribution in [0.3, 0.4) is 0 Å². The highest BCUT2D eigenvalue weighted by Crippen LogP contribution is 2.27. The molecule has 0 aliphatic heterocycles. The van der Waals surface area contributed by atoms with E-state index in [-0.39, 0.29) is 18.6 Å². The number of nitrogens with one attached hydrogen (secondary N) is 1. The predicted octanol–water partition coefficient (Wildman–Crippen LogP) is 2.52. The first-order chi connectivity index (χ1) is 7.60. The van der Waals surface area contributed by atoms with Crippen LogP contribution in [0.5, 0.6) is 0 Å². The maximum absolute atomic E-state index is 9.47. The lowest BCUT2D eigenvalue weighted by Crippen LogP contribution is -2.31. The van der Waals surface area contributed by atoms with Crippen molar-refractivity contribution in [2.45, 2.75) is 26.8 Å². The predicted molar refractivity (Wildman–Crippen MR) is 68.4 cm³/mol. The van der Waals surface area contributed by atoms with Gasteiger partial charge in [-0.25, -0.2) is 0 Å². The van der Waals surface area contributed by atoms with Crippen LogP contribution in [0.25, 0.3) is 0 Å². The molecule has 2 heteroatoms. The van der Waals surface area contributed by atoms with Crippen LogP contribution in [0.15, 0.2) is 24.3 Å². The summed E-state index contributed by atoms with van der Waals surface area (Å²) in [6, 6.07) is 8.75. The molecule has 1 rings (SSSR count). The Kier molecular flexibility index (Phi) is 4.97. The van der Waals surface area contributed by atoms with Gasteiger partial charge in [0, 0.05) is 18.6 Å². The van der Waals surface area contributed by atoms with Gasteiger partial charge in [-0.1, -0.05) is 43.7 Å². The van der Waals surface area contributed by atoms with Crippen LogP contribution in [0.2, 0.25) is 0 Å². The third-order valence-corrected chi connectivity index (χ3v) is 3.24. The van der Waals surface area contributed by atoms with E-state index in [9.17, 15) is 5.11 Å². The molecule has 2 atom stereocenters. The lowest BCUT2D eigenvalue weighted by molar-refractivity contribution is 0.154. The van der Waals surface area contributed by atoms with Gasteiger partial charge in [0.25, 0.3) is 0 Å². The fourth-order valence-corrected chi connectivity index (χ4v) is 2.10. The van der Waals surface area contributed by atoms with Gasteiger partial charge in [-0.3, -0.25) is 0 Å². The SMILES string of the molecule is CNC(c1ccc(C)cc1)C(CO)C(C)C. The molecule has 0 spiro atoms. The molecule has 16 heavy (non-hydrogen) atoms. The first-order valence-electron chi connectivity index (χ1n) is 5.94. The fourth-order valence-electron chi connectivity index (χ4n) is 2.10. The van der Waals surface area contributed by atoms with E-state index >= 15 is 0 Å². The molecule has 0 radical (unpaired) electrons. The molecule has 2 unspecified atom stereocenters. The summed E-state index contributed by atoms with van der Waals surface area (Å²) < 4.78 is 0. The minimum Gasteiger partial charge on any atom is -0.396 e. The number of aliphatic hydroxyl groups excluding tert-OH is 1. The van der Waals surface area contributed by atoms with E-state index < -0.39 is 0 Å². The number of rotatable bonds is 5. The molecule has 0 aliphatic rings. The van der Waals surface area contributed by atoms with E-state index in [2.05, 4.69) is 50.4 Å². The molecule has 0 heterocycles. The summed E-state index contributed by atoms with van der Waals surface area (Å²) in [6.07, 6.45) is 0. The molecule has 0 aromatic heterocycles. The van der Waals surface area contributed by atoms with Crippen LogP contribution < -0.4 is 5.32 Å². The van der Waals surface area contributed by atoms with Gasteiger partial charge < -0.3 is 10.4 Å². The second kappa shape index (κ2) is 6.02. The monoisotopic (exact) mass is 221 g/mol. The van der Waals surface area contributed by atoms with Crippen molar-refractivity contribution in [1.29, 1.82) is 0 Å². The molecular weight excluding hydrogens is 198 g/mol. The van der Waals surface area contributed by atoms with Crippen molar-refractivity contribution in [3.05, 3.63) is 35.4 Å². The molecule has 90 valence electrons. The molecular formula is C14H23NO. The Balaban J connectivity index is 2.92. The second-order valence-electron chi connectivity index (χ2n) is 4.77. The lowest BCUT2D eigenvalue weighted by Gasteiger charge is -2.28. The summed E-state index contributed by atoms with van der Waals surface area (Å²) in [7, 11) is 1.95. The molecule has 1 aromatic rings. The molecule has 0 saturated carbocycles. The summed E-state index contributed by atoms with van der Waals surface area (Å²) in [4.78, 5) is 0. The van der Waals surface area contributed by atoms with Crippen molar-refractivity contribution in [3.63, 3.8) is 0 Å². The third kappa shape index (κ3) is 3.06. The zero-order chi connectivity index (χ0) is 12.1. The molecule has 0 fully saturated rings. The minimum absolute atomic E-state index is 0.219. The Hall–Kier alpha value is -0.860. The van der Waals surface area contributed by atoms with Gasteiger partial charge in [0.2, 0.25) is 0 Å². The maximum Gasteiger partial charge on any atom is 0.0479 e. The summed E-state index contributed by atoms with van der Waals surface area (Å²) in [5.74, 6) is 0.719. The number of aliphatic hydroxyl groups is 1. The first-order valence-corrected chi connectivity index (χ1v) is 5.94. The average Bonchev–Trinajstić information content (AvgIpc) is 2.26. The molecule has 0 amide bonds. The van der Waals surface area contributed by atoms with Crippen molar-refractivity contribution in [1.82, 2.24) is 5.32 Å². The molecule has 0 saturated heterocycles. The van der Waals surface area contributed by atoms with Crippen LogP contribution in [0.4, 0.5) is 0 Å². The smallest absolute Gasteiger partial charge is 0.0479 e. The van der Waals surface area contributed by atoms with Gasteiger partial charge in [-0.15, -0.1) is 0 Å². The van der Waals surface area contributed by atoms with Gasteiger partial charge in [-0.2, -0.15) is 0 Å². The summed E-state index contributed by atoms with van der Waals surface area (Å²) in [5.41, 5.74) is 2.52. The minimum atomic E-state index is 0.219. The van der Waals surface area contributed by atoms with Gasteiger partial charge in [0.1, 0.15) is 0 Å². The van der Waals surface area contributed by atoms with Crippen molar-refractivity contribution >= 4 is 0 Å². The van der Waals surface area contributed by atoms with Crippen LogP contribution >= 0.6 is 0 Å². The second-order valence-corrected chi connectivity index (χ2v) is 4.77. The lowest BCUT2D eigenvalue weighted by atomic mass is 9.85. The third-order valence-electron chi connectivity index (χ3n) is 3.24. The van der Waals surface area contributed by atoms with Crippen molar-refractivity contribution in [2.24, 2.45) is 11.8 Å². The Bertz CT molecular complexity index is 305. The highest BCUT2D eigenvalue weighted by atomic mass is 16.3. The van der Waals surface area contributed by atoms with E-state index in [0.29, 0.717) is 5.92 Å². The molecule has 2 N–H and O–H groups in total. The molecule has 2 nitrogen and oxygen atoms in total. The van der Waals surface area contributed by atoms with Crippen LogP contribution in [-0.4, -0.2) is 18.8 Å². The van der Waals surface area contributed by atoms with E-state index in [0.717, 1.165) is 0 Å². The Morgan fingerprint density at radius 2 is 1.75 bits per heavy atom. The number of aryl methyl sites for hydroxylation is 1. The van der Waals surface area contributed by atoms with Crippen LogP contribution in [0, 0.1) is 18.8 Å². The quantitative estimate of drug-likeness (QED) is 0.800. The standard InChI is InChI=1S/C14H23NO/c1-10(2)13(9-16)14(15-4)12-7-5-11(3)6-8-12/h5-8,10,13-16H,9H2,1-4H3. The summed E-state index contributed by atoms with van der Waals surface area (Å²) >= 11 is 0. The van der Waals surface area contributed by atoms with Gasteiger partial charge in [0.15, 0.2) is 0 Å². The van der Waals surface area contributed by atoms with E-state index in [1.807, 2.05) is 7.05 Å². The normalized spacial score (nSPS) is 15.1. The van der Waals surface area contributed by atoms with Crippen LogP contribution in [0.1, 0.15) is 31.0 Å².